The van der Waals surface area contributed by atoms with E-state index in [1.807, 2.05) is 6.08 Å². The van der Waals surface area contributed by atoms with Crippen molar-refractivity contribution in [3.8, 4) is 5.75 Å². The quantitative estimate of drug-likeness (QED) is 0.517. The molecular weight excluding hydrogens is 246 g/mol. The van der Waals surface area contributed by atoms with Gasteiger partial charge in [-0.15, -0.1) is 6.58 Å². The molecule has 0 aliphatic carbocycles. The summed E-state index contributed by atoms with van der Waals surface area (Å²) >= 11 is 0. The second-order valence-electron chi connectivity index (χ2n) is 5.24. The fourth-order valence-corrected chi connectivity index (χ4v) is 2.18. The van der Waals surface area contributed by atoms with Crippen molar-refractivity contribution in [2.75, 3.05) is 27.2 Å². The molecule has 0 aliphatic heterocycles. The van der Waals surface area contributed by atoms with Crippen LogP contribution in [0, 0.1) is 6.92 Å². The first-order valence-electron chi connectivity index (χ1n) is 7.23. The molecule has 0 aromatic heterocycles. The van der Waals surface area contributed by atoms with Crippen LogP contribution in [-0.4, -0.2) is 32.1 Å². The second-order valence-corrected chi connectivity index (χ2v) is 5.24. The Morgan fingerprint density at radius 1 is 1.35 bits per heavy atom. The van der Waals surface area contributed by atoms with Crippen LogP contribution < -0.4 is 4.74 Å². The van der Waals surface area contributed by atoms with Crippen LogP contribution in [-0.2, 0) is 0 Å². The highest BCUT2D eigenvalue weighted by Gasteiger charge is 2.11. The van der Waals surface area contributed by atoms with Crippen LogP contribution in [0.4, 0.5) is 0 Å². The van der Waals surface area contributed by atoms with E-state index in [1.165, 1.54) is 16.7 Å². The van der Waals surface area contributed by atoms with Crippen molar-refractivity contribution in [3.63, 3.8) is 0 Å². The number of benzene rings is 1. The van der Waals surface area contributed by atoms with E-state index in [1.54, 1.807) is 0 Å². The molecule has 0 saturated heterocycles. The van der Waals surface area contributed by atoms with Gasteiger partial charge in [0.2, 0.25) is 0 Å². The summed E-state index contributed by atoms with van der Waals surface area (Å²) in [6, 6.07) is 6.26. The minimum Gasteiger partial charge on any atom is -0.493 e. The monoisotopic (exact) mass is 273 g/mol. The van der Waals surface area contributed by atoms with Crippen LogP contribution in [0.25, 0.3) is 5.57 Å². The molecule has 2 heteroatoms. The Balaban J connectivity index is 2.97. The lowest BCUT2D eigenvalue weighted by Crippen LogP contribution is -2.13. The molecular formula is C18H27NO. The molecule has 0 radical (unpaired) electrons. The van der Waals surface area contributed by atoms with E-state index in [-0.39, 0.29) is 0 Å². The highest BCUT2D eigenvalue weighted by molar-refractivity contribution is 5.73. The molecule has 0 bridgehead atoms. The average molecular weight is 273 g/mol. The summed E-state index contributed by atoms with van der Waals surface area (Å²) < 4.78 is 5.92. The van der Waals surface area contributed by atoms with Crippen molar-refractivity contribution in [3.05, 3.63) is 48.1 Å². The summed E-state index contributed by atoms with van der Waals surface area (Å²) in [4.78, 5) is 2.21. The lowest BCUT2D eigenvalue weighted by molar-refractivity contribution is 0.323. The van der Waals surface area contributed by atoms with Crippen molar-refractivity contribution in [2.24, 2.45) is 0 Å². The first-order valence-corrected chi connectivity index (χ1v) is 7.23. The van der Waals surface area contributed by atoms with E-state index >= 15 is 0 Å². The van der Waals surface area contributed by atoms with Gasteiger partial charge in [-0.2, -0.15) is 0 Å². The molecule has 0 heterocycles. The molecule has 110 valence electrons. The number of rotatable bonds is 8. The van der Waals surface area contributed by atoms with E-state index in [9.17, 15) is 0 Å². The van der Waals surface area contributed by atoms with Crippen molar-refractivity contribution >= 4 is 5.57 Å². The largest absolute Gasteiger partial charge is 0.493 e. The van der Waals surface area contributed by atoms with Crippen LogP contribution in [0.15, 0.2) is 36.9 Å². The summed E-state index contributed by atoms with van der Waals surface area (Å²) in [5, 5.41) is 0. The first kappa shape index (κ1) is 16.5. The Kier molecular flexibility index (Phi) is 7.10. The minimum absolute atomic E-state index is 0.685. The molecule has 1 rings (SSSR count). The van der Waals surface area contributed by atoms with Gasteiger partial charge in [-0.05, 0) is 58.0 Å². The Hall–Kier alpha value is -1.54. The zero-order chi connectivity index (χ0) is 15.0. The highest BCUT2D eigenvalue weighted by Crippen LogP contribution is 2.31. The van der Waals surface area contributed by atoms with E-state index in [4.69, 9.17) is 4.74 Å². The van der Waals surface area contributed by atoms with Crippen LogP contribution in [0.2, 0.25) is 0 Å². The standard InChI is InChI=1S/C18H27NO/c1-6-8-14-20-17-11-9-10-15(3)18(17)16(7-2)12-13-19(4)5/h6-7,9-11H,1,8,12-14H2,2-5H3/b16-7-. The van der Waals surface area contributed by atoms with Crippen molar-refractivity contribution in [1.29, 1.82) is 0 Å². The van der Waals surface area contributed by atoms with Gasteiger partial charge in [0.05, 0.1) is 6.61 Å². The third kappa shape index (κ3) is 4.86. The molecule has 0 N–H and O–H groups in total. The van der Waals surface area contributed by atoms with Gasteiger partial charge >= 0.3 is 0 Å². The lowest BCUT2D eigenvalue weighted by atomic mass is 9.96. The topological polar surface area (TPSA) is 12.5 Å². The first-order chi connectivity index (χ1) is 9.60. The fourth-order valence-electron chi connectivity index (χ4n) is 2.18. The highest BCUT2D eigenvalue weighted by atomic mass is 16.5. The van der Waals surface area contributed by atoms with E-state index in [2.05, 4.69) is 63.7 Å². The Bertz CT molecular complexity index is 460. The van der Waals surface area contributed by atoms with Gasteiger partial charge in [-0.3, -0.25) is 0 Å². The molecule has 0 fully saturated rings. The summed E-state index contributed by atoms with van der Waals surface area (Å²) in [5.74, 6) is 0.985. The van der Waals surface area contributed by atoms with Gasteiger partial charge in [0, 0.05) is 12.1 Å². The normalized spacial score (nSPS) is 11.8. The van der Waals surface area contributed by atoms with Gasteiger partial charge in [0.25, 0.3) is 0 Å². The molecule has 0 spiro atoms. The van der Waals surface area contributed by atoms with E-state index in [0.717, 1.165) is 25.1 Å². The van der Waals surface area contributed by atoms with Gasteiger partial charge in [-0.1, -0.05) is 24.3 Å². The smallest absolute Gasteiger partial charge is 0.127 e. The molecule has 0 aliphatic rings. The number of allylic oxidation sites excluding steroid dienone is 1. The van der Waals surface area contributed by atoms with E-state index in [0.29, 0.717) is 6.61 Å². The second kappa shape index (κ2) is 8.60. The molecule has 20 heavy (non-hydrogen) atoms. The number of hydrogen-bond donors (Lipinski definition) is 0. The van der Waals surface area contributed by atoms with Gasteiger partial charge in [0.1, 0.15) is 5.75 Å². The maximum absolute atomic E-state index is 5.92. The van der Waals surface area contributed by atoms with Gasteiger partial charge in [-0.25, -0.2) is 0 Å². The molecule has 2 nitrogen and oxygen atoms in total. The molecule has 0 atom stereocenters. The fraction of sp³-hybridized carbons (Fsp3) is 0.444. The molecule has 0 unspecified atom stereocenters. The Morgan fingerprint density at radius 3 is 2.70 bits per heavy atom. The van der Waals surface area contributed by atoms with E-state index < -0.39 is 0 Å². The SMILES string of the molecule is C=CCCOc1cccc(C)c1/C(=C\C)CCN(C)C. The van der Waals surface area contributed by atoms with Crippen LogP contribution in [0.3, 0.4) is 0 Å². The minimum atomic E-state index is 0.685. The van der Waals surface area contributed by atoms with Crippen molar-refractivity contribution < 1.29 is 4.74 Å². The molecule has 0 saturated carbocycles. The Labute approximate surface area is 123 Å². The predicted molar refractivity (Wildman–Crippen MR) is 88.3 cm³/mol. The zero-order valence-electron chi connectivity index (χ0n) is 13.3. The molecule has 1 aromatic rings. The summed E-state index contributed by atoms with van der Waals surface area (Å²) in [6.45, 7) is 9.71. The average Bonchev–Trinajstić information content (AvgIpc) is 2.41. The van der Waals surface area contributed by atoms with Crippen molar-refractivity contribution in [1.82, 2.24) is 4.90 Å². The Morgan fingerprint density at radius 2 is 2.10 bits per heavy atom. The zero-order valence-corrected chi connectivity index (χ0v) is 13.3. The van der Waals surface area contributed by atoms with Gasteiger partial charge < -0.3 is 9.64 Å². The third-order valence-corrected chi connectivity index (χ3v) is 3.31. The maximum atomic E-state index is 5.92. The van der Waals surface area contributed by atoms with Crippen molar-refractivity contribution in [2.45, 2.75) is 26.7 Å². The summed E-state index contributed by atoms with van der Waals surface area (Å²) in [6.07, 6.45) is 5.99. The summed E-state index contributed by atoms with van der Waals surface area (Å²) in [5.41, 5.74) is 3.87. The lowest BCUT2D eigenvalue weighted by Gasteiger charge is -2.18. The van der Waals surface area contributed by atoms with Crippen LogP contribution in [0.5, 0.6) is 5.75 Å². The van der Waals surface area contributed by atoms with Crippen LogP contribution in [0.1, 0.15) is 30.9 Å². The number of ether oxygens (including phenoxy) is 1. The predicted octanol–water partition coefficient (Wildman–Crippen LogP) is 4.30. The number of aryl methyl sites for hydroxylation is 1. The summed E-state index contributed by atoms with van der Waals surface area (Å²) in [7, 11) is 4.21. The van der Waals surface area contributed by atoms with Gasteiger partial charge in [0.15, 0.2) is 0 Å². The maximum Gasteiger partial charge on any atom is 0.127 e. The number of nitrogens with zero attached hydrogens (tertiary/aromatic N) is 1. The molecule has 0 amide bonds. The molecule has 1 aromatic carbocycles. The number of hydrogen-bond acceptors (Lipinski definition) is 2. The van der Waals surface area contributed by atoms with Crippen LogP contribution >= 0.6 is 0 Å². The third-order valence-electron chi connectivity index (χ3n) is 3.31.